The first-order valence-electron chi connectivity index (χ1n) is 8.85. The Morgan fingerprint density at radius 1 is 1.03 bits per heavy atom. The van der Waals surface area contributed by atoms with Gasteiger partial charge in [0.25, 0.3) is 5.91 Å². The quantitative estimate of drug-likeness (QED) is 0.344. The molecule has 1 aliphatic heterocycles. The number of hydrogen-bond donors (Lipinski definition) is 0. The first-order valence-corrected chi connectivity index (χ1v) is 9.67. The lowest BCUT2D eigenvalue weighted by atomic mass is 10.2. The molecule has 0 N–H and O–H groups in total. The summed E-state index contributed by atoms with van der Waals surface area (Å²) in [6.07, 6.45) is 4.69. The SMILES string of the molecule is O=C1/C(=C/c2ccccc2)S/C(=N/N=C\c2ccccc2F)N1Cc1ccco1. The minimum absolute atomic E-state index is 0.185. The molecule has 0 saturated carbocycles. The van der Waals surface area contributed by atoms with Crippen LogP contribution < -0.4 is 0 Å². The molecule has 1 amide bonds. The molecule has 0 aliphatic carbocycles. The van der Waals surface area contributed by atoms with E-state index in [1.165, 1.54) is 28.9 Å². The van der Waals surface area contributed by atoms with E-state index in [9.17, 15) is 9.18 Å². The highest BCUT2D eigenvalue weighted by molar-refractivity contribution is 8.18. The summed E-state index contributed by atoms with van der Waals surface area (Å²) in [7, 11) is 0. The Morgan fingerprint density at radius 2 is 1.83 bits per heavy atom. The van der Waals surface area contributed by atoms with Gasteiger partial charge in [-0.1, -0.05) is 48.5 Å². The van der Waals surface area contributed by atoms with Crippen LogP contribution >= 0.6 is 11.8 Å². The van der Waals surface area contributed by atoms with Gasteiger partial charge in [0.05, 0.1) is 23.9 Å². The monoisotopic (exact) mass is 405 g/mol. The van der Waals surface area contributed by atoms with Crippen molar-refractivity contribution >= 4 is 35.1 Å². The van der Waals surface area contributed by atoms with E-state index >= 15 is 0 Å². The highest BCUT2D eigenvalue weighted by Gasteiger charge is 2.34. The molecule has 5 nitrogen and oxygen atoms in total. The second kappa shape index (κ2) is 8.70. The van der Waals surface area contributed by atoms with E-state index in [-0.39, 0.29) is 18.3 Å². The van der Waals surface area contributed by atoms with Crippen LogP contribution in [0.2, 0.25) is 0 Å². The van der Waals surface area contributed by atoms with Gasteiger partial charge in [0, 0.05) is 5.56 Å². The Balaban J connectivity index is 1.63. The maximum Gasteiger partial charge on any atom is 0.267 e. The van der Waals surface area contributed by atoms with E-state index in [0.717, 1.165) is 5.56 Å². The van der Waals surface area contributed by atoms with Crippen molar-refractivity contribution in [3.63, 3.8) is 0 Å². The summed E-state index contributed by atoms with van der Waals surface area (Å²) >= 11 is 1.22. The number of amides is 1. The lowest BCUT2D eigenvalue weighted by Gasteiger charge is -2.12. The molecule has 0 radical (unpaired) electrons. The van der Waals surface area contributed by atoms with Crippen LogP contribution in [-0.4, -0.2) is 22.2 Å². The molecule has 1 aliphatic rings. The van der Waals surface area contributed by atoms with Gasteiger partial charge in [-0.25, -0.2) is 4.39 Å². The van der Waals surface area contributed by atoms with Gasteiger partial charge < -0.3 is 4.42 Å². The third-order valence-electron chi connectivity index (χ3n) is 4.12. The molecular formula is C22H16FN3O2S. The molecule has 2 aromatic carbocycles. The van der Waals surface area contributed by atoms with E-state index in [2.05, 4.69) is 10.2 Å². The number of nitrogens with zero attached hydrogens (tertiary/aromatic N) is 3. The number of carbonyl (C=O) groups excluding carboxylic acids is 1. The van der Waals surface area contributed by atoms with Crippen molar-refractivity contribution in [1.82, 2.24) is 4.90 Å². The van der Waals surface area contributed by atoms with E-state index in [1.807, 2.05) is 36.4 Å². The second-order valence-corrected chi connectivity index (χ2v) is 7.15. The molecule has 1 fully saturated rings. The van der Waals surface area contributed by atoms with E-state index in [4.69, 9.17) is 4.42 Å². The highest BCUT2D eigenvalue weighted by Crippen LogP contribution is 2.33. The van der Waals surface area contributed by atoms with Gasteiger partial charge in [-0.05, 0) is 41.6 Å². The Morgan fingerprint density at radius 3 is 2.59 bits per heavy atom. The maximum atomic E-state index is 13.8. The molecule has 1 saturated heterocycles. The topological polar surface area (TPSA) is 58.2 Å². The molecule has 2 heterocycles. The molecule has 3 aromatic rings. The number of furan rings is 1. The first kappa shape index (κ1) is 18.9. The average molecular weight is 405 g/mol. The van der Waals surface area contributed by atoms with E-state index in [0.29, 0.717) is 21.4 Å². The second-order valence-electron chi connectivity index (χ2n) is 6.14. The molecule has 29 heavy (non-hydrogen) atoms. The van der Waals surface area contributed by atoms with Crippen LogP contribution in [0.1, 0.15) is 16.9 Å². The van der Waals surface area contributed by atoms with Crippen LogP contribution in [0.3, 0.4) is 0 Å². The molecule has 0 bridgehead atoms. The van der Waals surface area contributed by atoms with E-state index in [1.54, 1.807) is 36.6 Å². The third-order valence-corrected chi connectivity index (χ3v) is 5.12. The zero-order chi connectivity index (χ0) is 20.1. The predicted molar refractivity (Wildman–Crippen MR) is 113 cm³/mol. The van der Waals surface area contributed by atoms with Gasteiger partial charge in [0.1, 0.15) is 11.6 Å². The average Bonchev–Trinajstić information content (AvgIpc) is 3.35. The summed E-state index contributed by atoms with van der Waals surface area (Å²) < 4.78 is 19.1. The standard InChI is InChI=1S/C22H16FN3O2S/c23-19-11-5-4-9-17(19)14-24-25-22-26(15-18-10-6-12-28-18)21(27)20(29-22)13-16-7-2-1-3-8-16/h1-14H,15H2/b20-13-,24-14-,25-22+. The molecule has 0 unspecified atom stereocenters. The number of thioether (sulfide) groups is 1. The first-order chi connectivity index (χ1) is 14.2. The van der Waals surface area contributed by atoms with Crippen LogP contribution in [-0.2, 0) is 11.3 Å². The van der Waals surface area contributed by atoms with Gasteiger partial charge in [0.2, 0.25) is 0 Å². The van der Waals surface area contributed by atoms with Gasteiger partial charge >= 0.3 is 0 Å². The van der Waals surface area contributed by atoms with Crippen LogP contribution in [0.15, 0.2) is 92.5 Å². The molecule has 0 spiro atoms. The van der Waals surface area contributed by atoms with Crippen LogP contribution in [0.5, 0.6) is 0 Å². The van der Waals surface area contributed by atoms with Crippen LogP contribution in [0, 0.1) is 5.82 Å². The molecule has 7 heteroatoms. The summed E-state index contributed by atoms with van der Waals surface area (Å²) in [5.41, 5.74) is 1.24. The Labute approximate surface area is 171 Å². The molecular weight excluding hydrogens is 389 g/mol. The third kappa shape index (κ3) is 4.52. The Kier molecular flexibility index (Phi) is 5.67. The molecule has 0 atom stereocenters. The normalized spacial score (nSPS) is 17.1. The predicted octanol–water partition coefficient (Wildman–Crippen LogP) is 4.93. The summed E-state index contributed by atoms with van der Waals surface area (Å²) in [6.45, 7) is 0.235. The van der Waals surface area contributed by atoms with Crippen molar-refractivity contribution < 1.29 is 13.6 Å². The summed E-state index contributed by atoms with van der Waals surface area (Å²) in [5, 5.41) is 8.56. The largest absolute Gasteiger partial charge is 0.467 e. The fraction of sp³-hybridized carbons (Fsp3) is 0.0455. The lowest BCUT2D eigenvalue weighted by Crippen LogP contribution is -2.28. The maximum absolute atomic E-state index is 13.8. The summed E-state index contributed by atoms with van der Waals surface area (Å²) in [4.78, 5) is 15.0. The number of rotatable bonds is 5. The van der Waals surface area contributed by atoms with Crippen molar-refractivity contribution in [3.05, 3.63) is 101 Å². The highest BCUT2D eigenvalue weighted by atomic mass is 32.2. The smallest absolute Gasteiger partial charge is 0.267 e. The number of halogens is 1. The van der Waals surface area contributed by atoms with Gasteiger partial charge in [-0.15, -0.1) is 5.10 Å². The van der Waals surface area contributed by atoms with Gasteiger partial charge in [0.15, 0.2) is 5.17 Å². The minimum atomic E-state index is -0.385. The summed E-state index contributed by atoms with van der Waals surface area (Å²) in [6, 6.07) is 19.4. The zero-order valence-electron chi connectivity index (χ0n) is 15.2. The van der Waals surface area contributed by atoms with Gasteiger partial charge in [-0.3, -0.25) is 9.69 Å². The lowest BCUT2D eigenvalue weighted by molar-refractivity contribution is -0.122. The van der Waals surface area contributed by atoms with Crippen LogP contribution in [0.4, 0.5) is 4.39 Å². The zero-order valence-corrected chi connectivity index (χ0v) is 16.1. The number of hydrogen-bond acceptors (Lipinski definition) is 5. The molecule has 144 valence electrons. The van der Waals surface area contributed by atoms with Crippen LogP contribution in [0.25, 0.3) is 6.08 Å². The number of carbonyl (C=O) groups is 1. The minimum Gasteiger partial charge on any atom is -0.467 e. The van der Waals surface area contributed by atoms with Gasteiger partial charge in [-0.2, -0.15) is 5.10 Å². The van der Waals surface area contributed by atoms with Crippen molar-refractivity contribution in [1.29, 1.82) is 0 Å². The van der Waals surface area contributed by atoms with Crippen molar-refractivity contribution in [3.8, 4) is 0 Å². The molecule has 4 rings (SSSR count). The van der Waals surface area contributed by atoms with Crippen molar-refractivity contribution in [2.24, 2.45) is 10.2 Å². The van der Waals surface area contributed by atoms with Crippen molar-refractivity contribution in [2.45, 2.75) is 6.54 Å². The fourth-order valence-electron chi connectivity index (χ4n) is 2.70. The fourth-order valence-corrected chi connectivity index (χ4v) is 3.64. The Bertz CT molecular complexity index is 1090. The number of benzene rings is 2. The van der Waals surface area contributed by atoms with E-state index < -0.39 is 0 Å². The Hall–Kier alpha value is -3.45. The molecule has 1 aromatic heterocycles. The number of amidine groups is 1. The summed E-state index contributed by atoms with van der Waals surface area (Å²) in [5.74, 6) is 0.0597. The van der Waals surface area contributed by atoms with Crippen molar-refractivity contribution in [2.75, 3.05) is 0 Å².